The lowest BCUT2D eigenvalue weighted by atomic mass is 10.1. The predicted octanol–water partition coefficient (Wildman–Crippen LogP) is 16.3. The molecule has 0 saturated heterocycles. The number of carbonyl (C=O) groups is 2. The average Bonchev–Trinajstić information content (AvgIpc) is 3.08. The second kappa shape index (κ2) is 42.7. The molecule has 51 heavy (non-hydrogen) atoms. The fourth-order valence-electron chi connectivity index (χ4n) is 5.27. The quantitative estimate of drug-likeness (QED) is 0.0418. The van der Waals surface area contributed by atoms with E-state index in [4.69, 9.17) is 0 Å². The Bertz CT molecular complexity index is 663. The Kier molecular flexibility index (Phi) is 46.3. The van der Waals surface area contributed by atoms with Crippen molar-refractivity contribution >= 4 is 46.4 Å². The molecule has 0 fully saturated rings. The van der Waals surface area contributed by atoms with Gasteiger partial charge in [0.15, 0.2) is 0 Å². The highest BCUT2D eigenvalue weighted by atomic mass is 32.2. The molecule has 0 aliphatic rings. The molecule has 0 saturated carbocycles. The van der Waals surface area contributed by atoms with Gasteiger partial charge in [-0.1, -0.05) is 218 Å². The first-order valence-electron chi connectivity index (χ1n) is 20.5. The van der Waals surface area contributed by atoms with Crippen LogP contribution in [0.1, 0.15) is 213 Å². The fraction of sp³-hybridized carbons (Fsp3) is 0.950. The molecule has 308 valence electrons. The van der Waals surface area contributed by atoms with Crippen molar-refractivity contribution in [2.24, 2.45) is 0 Å². The van der Waals surface area contributed by atoms with Crippen molar-refractivity contribution in [2.45, 2.75) is 226 Å². The summed E-state index contributed by atoms with van der Waals surface area (Å²) >= 11 is 5.00. The number of carbonyl (C=O) groups excluding carboxylic acids is 2. The van der Waals surface area contributed by atoms with Crippen LogP contribution in [0, 0.1) is 0 Å². The van der Waals surface area contributed by atoms with Crippen LogP contribution in [0.3, 0.4) is 0 Å². The van der Waals surface area contributed by atoms with E-state index in [1.807, 2.05) is 0 Å². The van der Waals surface area contributed by atoms with Gasteiger partial charge in [-0.2, -0.15) is 39.0 Å². The number of unbranched alkanes of at least 4 members (excludes halogenated alkanes) is 27. The highest BCUT2D eigenvalue weighted by molar-refractivity contribution is 8.14. The Morgan fingerprint density at radius 3 is 0.765 bits per heavy atom. The second-order valence-electron chi connectivity index (χ2n) is 13.5. The molecule has 0 bridgehead atoms. The normalized spacial score (nSPS) is 11.5. The molecule has 0 radical (unpaired) electrons. The van der Waals surface area contributed by atoms with Gasteiger partial charge in [0, 0.05) is 11.5 Å². The van der Waals surface area contributed by atoms with Crippen molar-refractivity contribution in [2.75, 3.05) is 17.3 Å². The molecule has 0 aromatic rings. The third-order valence-corrected chi connectivity index (χ3v) is 10.7. The summed E-state index contributed by atoms with van der Waals surface area (Å²) in [5, 5.41) is -3.33. The lowest BCUT2D eigenvalue weighted by Crippen LogP contribution is -2.19. The highest BCUT2D eigenvalue weighted by Crippen LogP contribution is 2.25. The standard InChI is InChI=1S/2C14H25F3OS.C12H26S/c2*1-2-3-4-5-6-7-8-9-10-11-12-19-13(18)14(15,16)17;1-2-3-4-5-6-7-8-9-10-11-12-13/h2*2-12H2,1H3;13H,2-12H2,1H3. The van der Waals surface area contributed by atoms with Gasteiger partial charge in [-0.05, 0) is 25.0 Å². The molecular weight excluding hydrogens is 723 g/mol. The topological polar surface area (TPSA) is 34.1 Å². The zero-order chi connectivity index (χ0) is 38.9. The van der Waals surface area contributed by atoms with Gasteiger partial charge in [-0.3, -0.25) is 9.59 Å². The smallest absolute Gasteiger partial charge is 0.277 e. The summed E-state index contributed by atoms with van der Waals surface area (Å²) in [5.41, 5.74) is 0. The number of hydrogen-bond acceptors (Lipinski definition) is 5. The van der Waals surface area contributed by atoms with Crippen LogP contribution in [0.4, 0.5) is 26.3 Å². The van der Waals surface area contributed by atoms with E-state index in [1.54, 1.807) is 0 Å². The number of rotatable bonds is 32. The third-order valence-electron chi connectivity index (χ3n) is 8.44. The van der Waals surface area contributed by atoms with E-state index in [1.165, 1.54) is 141 Å². The number of halogens is 6. The monoisotopic (exact) mass is 798 g/mol. The molecule has 0 atom stereocenters. The van der Waals surface area contributed by atoms with Gasteiger partial charge >= 0.3 is 12.4 Å². The van der Waals surface area contributed by atoms with Crippen LogP contribution in [0.15, 0.2) is 0 Å². The minimum Gasteiger partial charge on any atom is -0.277 e. The van der Waals surface area contributed by atoms with Crippen LogP contribution in [0.5, 0.6) is 0 Å². The van der Waals surface area contributed by atoms with Gasteiger partial charge in [0.05, 0.1) is 0 Å². The Labute approximate surface area is 324 Å². The number of hydrogen-bond donors (Lipinski definition) is 1. The molecule has 0 aromatic carbocycles. The van der Waals surface area contributed by atoms with E-state index in [0.29, 0.717) is 36.4 Å². The van der Waals surface area contributed by atoms with E-state index in [-0.39, 0.29) is 11.5 Å². The van der Waals surface area contributed by atoms with Gasteiger partial charge in [-0.25, -0.2) is 0 Å². The van der Waals surface area contributed by atoms with E-state index in [0.717, 1.165) is 44.3 Å². The lowest BCUT2D eigenvalue weighted by molar-refractivity contribution is -0.160. The molecule has 0 heterocycles. The lowest BCUT2D eigenvalue weighted by Gasteiger charge is -2.04. The molecule has 0 spiro atoms. The molecule has 0 aliphatic heterocycles. The van der Waals surface area contributed by atoms with Crippen LogP contribution >= 0.6 is 36.2 Å². The highest BCUT2D eigenvalue weighted by Gasteiger charge is 2.39. The third kappa shape index (κ3) is 50.0. The van der Waals surface area contributed by atoms with Gasteiger partial charge < -0.3 is 0 Å². The summed E-state index contributed by atoms with van der Waals surface area (Å²) in [6.07, 6.45) is 27.8. The molecule has 0 aliphatic carbocycles. The van der Waals surface area contributed by atoms with Crippen molar-refractivity contribution in [3.8, 4) is 0 Å². The number of alkyl halides is 6. The van der Waals surface area contributed by atoms with Crippen molar-refractivity contribution in [3.63, 3.8) is 0 Å². The predicted molar refractivity (Wildman–Crippen MR) is 216 cm³/mol. The summed E-state index contributed by atoms with van der Waals surface area (Å²) < 4.78 is 71.3. The zero-order valence-electron chi connectivity index (χ0n) is 32.7. The maximum absolute atomic E-state index is 11.9. The average molecular weight is 799 g/mol. The van der Waals surface area contributed by atoms with Gasteiger partial charge in [0.2, 0.25) is 0 Å². The molecule has 11 heteroatoms. The first-order chi connectivity index (χ1) is 24.4. The molecule has 0 rings (SSSR count). The minimum atomic E-state index is -4.68. The molecule has 2 nitrogen and oxygen atoms in total. The molecule has 0 aromatic heterocycles. The maximum atomic E-state index is 11.9. The van der Waals surface area contributed by atoms with E-state index in [9.17, 15) is 35.9 Å². The summed E-state index contributed by atoms with van der Waals surface area (Å²) in [4.78, 5) is 21.1. The van der Waals surface area contributed by atoms with Crippen molar-refractivity contribution in [1.82, 2.24) is 0 Å². The first-order valence-corrected chi connectivity index (χ1v) is 23.1. The van der Waals surface area contributed by atoms with E-state index >= 15 is 0 Å². The molecular formula is C40H76F6O2S3. The van der Waals surface area contributed by atoms with Crippen LogP contribution in [0.25, 0.3) is 0 Å². The fourth-order valence-corrected chi connectivity index (χ4v) is 6.89. The van der Waals surface area contributed by atoms with Crippen LogP contribution in [-0.4, -0.2) is 39.8 Å². The maximum Gasteiger partial charge on any atom is 0.460 e. The van der Waals surface area contributed by atoms with Gasteiger partial charge in [-0.15, -0.1) is 0 Å². The minimum absolute atomic E-state index is 0.287. The van der Waals surface area contributed by atoms with Crippen LogP contribution in [-0.2, 0) is 9.59 Å². The Balaban J connectivity index is -0.000000692. The van der Waals surface area contributed by atoms with Crippen LogP contribution in [0.2, 0.25) is 0 Å². The summed E-state index contributed by atoms with van der Waals surface area (Å²) in [5.74, 6) is 1.64. The number of thiol groups is 1. The molecule has 0 unspecified atom stereocenters. The Hall–Kier alpha value is -0.0300. The summed E-state index contributed by atoms with van der Waals surface area (Å²) in [6.45, 7) is 6.67. The summed E-state index contributed by atoms with van der Waals surface area (Å²) in [6, 6.07) is 0. The second-order valence-corrected chi connectivity index (χ2v) is 16.1. The van der Waals surface area contributed by atoms with E-state index < -0.39 is 22.6 Å². The Morgan fingerprint density at radius 1 is 0.373 bits per heavy atom. The SMILES string of the molecule is CCCCCCCCCCCCS.CCCCCCCCCCCCSC(=O)C(F)(F)F.CCCCCCCCCCCCSC(=O)C(F)(F)F. The van der Waals surface area contributed by atoms with Gasteiger partial charge in [0.25, 0.3) is 10.2 Å². The number of thioether (sulfide) groups is 2. The van der Waals surface area contributed by atoms with Crippen LogP contribution < -0.4 is 0 Å². The van der Waals surface area contributed by atoms with E-state index in [2.05, 4.69) is 33.4 Å². The van der Waals surface area contributed by atoms with Crippen molar-refractivity contribution < 1.29 is 35.9 Å². The van der Waals surface area contributed by atoms with Gasteiger partial charge in [0.1, 0.15) is 0 Å². The molecule has 0 N–H and O–H groups in total. The van der Waals surface area contributed by atoms with Crippen molar-refractivity contribution in [3.05, 3.63) is 0 Å². The zero-order valence-corrected chi connectivity index (χ0v) is 35.2. The summed E-state index contributed by atoms with van der Waals surface area (Å²) in [7, 11) is 0. The Morgan fingerprint density at radius 2 is 0.569 bits per heavy atom. The largest absolute Gasteiger partial charge is 0.460 e. The van der Waals surface area contributed by atoms with Crippen molar-refractivity contribution in [1.29, 1.82) is 0 Å². The molecule has 0 amide bonds. The first kappa shape index (κ1) is 55.3.